The molecule has 0 radical (unpaired) electrons. The third-order valence-electron chi connectivity index (χ3n) is 3.51. The number of rotatable bonds is 2. The van der Waals surface area contributed by atoms with Crippen molar-refractivity contribution in [2.24, 2.45) is 0 Å². The molecule has 0 atom stereocenters. The van der Waals surface area contributed by atoms with Gasteiger partial charge in [-0.15, -0.1) is 11.3 Å². The Bertz CT molecular complexity index is 986. The van der Waals surface area contributed by atoms with E-state index >= 15 is 0 Å². The van der Waals surface area contributed by atoms with Gasteiger partial charge in [0.1, 0.15) is 15.3 Å². The molecule has 4 heteroatoms. The first kappa shape index (κ1) is 13.4. The minimum Gasteiger partial charge on any atom is -0.330 e. The molecule has 2 heterocycles. The van der Waals surface area contributed by atoms with Gasteiger partial charge in [0.25, 0.3) is 0 Å². The van der Waals surface area contributed by atoms with E-state index in [2.05, 4.69) is 23.2 Å². The van der Waals surface area contributed by atoms with Gasteiger partial charge >= 0.3 is 0 Å². The van der Waals surface area contributed by atoms with Crippen LogP contribution in [0.2, 0.25) is 0 Å². The maximum atomic E-state index is 5.52. The number of fused-ring (bicyclic) bond motifs is 1. The lowest BCUT2D eigenvalue weighted by molar-refractivity contribution is 1.22. The van der Waals surface area contributed by atoms with Crippen LogP contribution in [0, 0.1) is 4.64 Å². The zero-order chi connectivity index (χ0) is 14.9. The third kappa shape index (κ3) is 2.36. The predicted octanol–water partition coefficient (Wildman–Crippen LogP) is 5.69. The molecule has 0 saturated heterocycles. The van der Waals surface area contributed by atoms with Crippen molar-refractivity contribution in [1.82, 2.24) is 9.97 Å². The first-order valence-corrected chi connectivity index (χ1v) is 8.18. The van der Waals surface area contributed by atoms with E-state index in [0.717, 1.165) is 26.2 Å². The second kappa shape index (κ2) is 5.48. The molecule has 106 valence electrons. The summed E-state index contributed by atoms with van der Waals surface area (Å²) >= 11 is 7.19. The normalized spacial score (nSPS) is 10.9. The summed E-state index contributed by atoms with van der Waals surface area (Å²) in [6.45, 7) is 0. The van der Waals surface area contributed by atoms with Crippen LogP contribution in [0.15, 0.2) is 66.7 Å². The Morgan fingerprint density at radius 3 is 2.18 bits per heavy atom. The number of nitrogens with zero attached hydrogens (tertiary/aromatic N) is 1. The van der Waals surface area contributed by atoms with Gasteiger partial charge in [0.15, 0.2) is 0 Å². The van der Waals surface area contributed by atoms with Gasteiger partial charge in [0.05, 0.1) is 0 Å². The number of thiophene rings is 1. The molecule has 4 aromatic rings. The molecular weight excluding hydrogens is 308 g/mol. The van der Waals surface area contributed by atoms with Crippen molar-refractivity contribution in [2.75, 3.05) is 0 Å². The molecule has 0 aliphatic rings. The SMILES string of the molecule is S=c1[nH]c(-c2ccccc2)nc2sc(-c3ccccc3)cc12. The zero-order valence-electron chi connectivity index (χ0n) is 11.6. The smallest absolute Gasteiger partial charge is 0.140 e. The summed E-state index contributed by atoms with van der Waals surface area (Å²) in [6, 6.07) is 22.5. The first-order chi connectivity index (χ1) is 10.8. The number of hydrogen-bond donors (Lipinski definition) is 1. The Morgan fingerprint density at radius 1 is 0.864 bits per heavy atom. The Labute approximate surface area is 137 Å². The molecule has 0 unspecified atom stereocenters. The highest BCUT2D eigenvalue weighted by Gasteiger charge is 2.09. The molecule has 0 aliphatic heterocycles. The van der Waals surface area contributed by atoms with Gasteiger partial charge in [-0.3, -0.25) is 0 Å². The fraction of sp³-hybridized carbons (Fsp3) is 0. The Hall–Kier alpha value is -2.30. The Morgan fingerprint density at radius 2 is 1.50 bits per heavy atom. The predicted molar refractivity (Wildman–Crippen MR) is 95.7 cm³/mol. The van der Waals surface area contributed by atoms with Crippen molar-refractivity contribution in [2.45, 2.75) is 0 Å². The Kier molecular flexibility index (Phi) is 3.33. The minimum atomic E-state index is 0.738. The number of aromatic amines is 1. The molecule has 0 bridgehead atoms. The highest BCUT2D eigenvalue weighted by Crippen LogP contribution is 2.33. The van der Waals surface area contributed by atoms with E-state index in [4.69, 9.17) is 17.2 Å². The summed E-state index contributed by atoms with van der Waals surface area (Å²) in [6.07, 6.45) is 0. The van der Waals surface area contributed by atoms with E-state index < -0.39 is 0 Å². The van der Waals surface area contributed by atoms with Crippen LogP contribution in [0.25, 0.3) is 32.0 Å². The fourth-order valence-corrected chi connectivity index (χ4v) is 3.77. The first-order valence-electron chi connectivity index (χ1n) is 6.96. The van der Waals surface area contributed by atoms with E-state index in [0.29, 0.717) is 0 Å². The highest BCUT2D eigenvalue weighted by atomic mass is 32.1. The molecule has 0 aliphatic carbocycles. The molecule has 2 aromatic heterocycles. The topological polar surface area (TPSA) is 28.7 Å². The van der Waals surface area contributed by atoms with Crippen LogP contribution < -0.4 is 0 Å². The molecule has 0 spiro atoms. The van der Waals surface area contributed by atoms with Gasteiger partial charge < -0.3 is 4.98 Å². The second-order valence-corrected chi connectivity index (χ2v) is 6.41. The molecule has 2 nitrogen and oxygen atoms in total. The minimum absolute atomic E-state index is 0.738. The zero-order valence-corrected chi connectivity index (χ0v) is 13.2. The van der Waals surface area contributed by atoms with E-state index in [9.17, 15) is 0 Å². The largest absolute Gasteiger partial charge is 0.330 e. The van der Waals surface area contributed by atoms with E-state index in [-0.39, 0.29) is 0 Å². The van der Waals surface area contributed by atoms with Gasteiger partial charge in [-0.1, -0.05) is 72.9 Å². The van der Waals surface area contributed by atoms with Gasteiger partial charge in [-0.25, -0.2) is 4.98 Å². The lowest BCUT2D eigenvalue weighted by Gasteiger charge is -2.00. The van der Waals surface area contributed by atoms with Crippen LogP contribution in [-0.2, 0) is 0 Å². The van der Waals surface area contributed by atoms with Crippen molar-refractivity contribution in [3.63, 3.8) is 0 Å². The van der Waals surface area contributed by atoms with Crippen molar-refractivity contribution >= 4 is 33.8 Å². The number of nitrogens with one attached hydrogen (secondary N) is 1. The van der Waals surface area contributed by atoms with E-state index in [1.165, 1.54) is 10.4 Å². The number of H-pyrrole nitrogens is 1. The Balaban J connectivity index is 1.91. The van der Waals surface area contributed by atoms with Gasteiger partial charge in [0.2, 0.25) is 0 Å². The van der Waals surface area contributed by atoms with Crippen molar-refractivity contribution in [3.05, 3.63) is 71.4 Å². The molecule has 22 heavy (non-hydrogen) atoms. The van der Waals surface area contributed by atoms with Gasteiger partial charge in [-0.05, 0) is 11.6 Å². The molecular formula is C18H12N2S2. The standard InChI is InChI=1S/C18H12N2S2/c21-17-14-11-15(12-7-3-1-4-8-12)22-18(14)20-16(19-17)13-9-5-2-6-10-13/h1-11H,(H,19,20,21). The fourth-order valence-electron chi connectivity index (χ4n) is 2.41. The quantitative estimate of drug-likeness (QED) is 0.481. The van der Waals surface area contributed by atoms with Crippen LogP contribution in [0.1, 0.15) is 0 Å². The summed E-state index contributed by atoms with van der Waals surface area (Å²) in [7, 11) is 0. The third-order valence-corrected chi connectivity index (χ3v) is 4.91. The summed E-state index contributed by atoms with van der Waals surface area (Å²) in [5.41, 5.74) is 2.24. The highest BCUT2D eigenvalue weighted by molar-refractivity contribution is 7.71. The number of hydrogen-bond acceptors (Lipinski definition) is 3. The summed E-state index contributed by atoms with van der Waals surface area (Å²) < 4.78 is 0.738. The van der Waals surface area contributed by atoms with Crippen LogP contribution in [0.3, 0.4) is 0 Å². The molecule has 0 saturated carbocycles. The van der Waals surface area contributed by atoms with Crippen molar-refractivity contribution < 1.29 is 0 Å². The second-order valence-electron chi connectivity index (χ2n) is 4.98. The maximum absolute atomic E-state index is 5.52. The average molecular weight is 320 g/mol. The van der Waals surface area contributed by atoms with Gasteiger partial charge in [-0.2, -0.15) is 0 Å². The van der Waals surface area contributed by atoms with Crippen LogP contribution in [0.4, 0.5) is 0 Å². The van der Waals surface area contributed by atoms with Crippen LogP contribution in [-0.4, -0.2) is 9.97 Å². The molecule has 0 amide bonds. The maximum Gasteiger partial charge on any atom is 0.140 e. The van der Waals surface area contributed by atoms with Crippen LogP contribution >= 0.6 is 23.6 Å². The molecule has 2 aromatic carbocycles. The van der Waals surface area contributed by atoms with Crippen LogP contribution in [0.5, 0.6) is 0 Å². The molecule has 1 N–H and O–H groups in total. The molecule has 0 fully saturated rings. The lowest BCUT2D eigenvalue weighted by Crippen LogP contribution is -1.88. The summed E-state index contributed by atoms with van der Waals surface area (Å²) in [5, 5.41) is 1.01. The summed E-state index contributed by atoms with van der Waals surface area (Å²) in [4.78, 5) is 10.2. The van der Waals surface area contributed by atoms with E-state index in [1.807, 2.05) is 48.5 Å². The summed E-state index contributed by atoms with van der Waals surface area (Å²) in [5.74, 6) is 0.819. The lowest BCUT2D eigenvalue weighted by atomic mass is 10.2. The van der Waals surface area contributed by atoms with E-state index in [1.54, 1.807) is 11.3 Å². The van der Waals surface area contributed by atoms with Gasteiger partial charge in [0, 0.05) is 15.8 Å². The monoisotopic (exact) mass is 320 g/mol. The van der Waals surface area contributed by atoms with Crippen molar-refractivity contribution in [3.8, 4) is 21.8 Å². The number of aromatic nitrogens is 2. The number of benzene rings is 2. The average Bonchev–Trinajstić information content (AvgIpc) is 3.01. The van der Waals surface area contributed by atoms with Crippen molar-refractivity contribution in [1.29, 1.82) is 0 Å². The molecule has 4 rings (SSSR count).